The van der Waals surface area contributed by atoms with E-state index in [1.54, 1.807) is 6.20 Å². The van der Waals surface area contributed by atoms with E-state index in [0.29, 0.717) is 12.0 Å². The molecule has 0 aromatic carbocycles. The van der Waals surface area contributed by atoms with Crippen LogP contribution in [-0.4, -0.2) is 53.9 Å². The van der Waals surface area contributed by atoms with Crippen LogP contribution in [0.4, 0.5) is 0 Å². The summed E-state index contributed by atoms with van der Waals surface area (Å²) in [6.07, 6.45) is 5.96. The molecule has 0 N–H and O–H groups in total. The molecule has 0 saturated heterocycles. The zero-order valence-corrected chi connectivity index (χ0v) is 17.0. The minimum atomic E-state index is 0.00646. The van der Waals surface area contributed by atoms with Gasteiger partial charge in [0.1, 0.15) is 0 Å². The number of pyridine rings is 1. The van der Waals surface area contributed by atoms with E-state index in [2.05, 4.69) is 44.6 Å². The summed E-state index contributed by atoms with van der Waals surface area (Å²) in [6.45, 7) is 10.7. The highest BCUT2D eigenvalue weighted by Gasteiger charge is 2.25. The molecule has 0 radical (unpaired) electrons. The van der Waals surface area contributed by atoms with Gasteiger partial charge in [0.05, 0.1) is 0 Å². The van der Waals surface area contributed by atoms with Crippen LogP contribution in [0.5, 0.6) is 0 Å². The average molecular weight is 348 g/mol. The minimum Gasteiger partial charge on any atom is -0.346 e. The van der Waals surface area contributed by atoms with Crippen LogP contribution in [0.15, 0.2) is 24.4 Å². The second kappa shape index (κ2) is 11.2. The molecule has 0 bridgehead atoms. The molecule has 1 aromatic rings. The van der Waals surface area contributed by atoms with Crippen LogP contribution in [0.25, 0.3) is 0 Å². The van der Waals surface area contributed by atoms with Crippen molar-refractivity contribution in [2.45, 2.75) is 59.4 Å². The van der Waals surface area contributed by atoms with Gasteiger partial charge < -0.3 is 9.80 Å². The van der Waals surface area contributed by atoms with Crippen molar-refractivity contribution in [1.82, 2.24) is 14.8 Å². The molecule has 25 heavy (non-hydrogen) atoms. The average Bonchev–Trinajstić information content (AvgIpc) is 2.58. The smallest absolute Gasteiger partial charge is 0.226 e. The molecular formula is C21H37N3O. The number of unbranched alkanes of at least 4 members (excludes halogenated alkanes) is 2. The monoisotopic (exact) mass is 347 g/mol. The van der Waals surface area contributed by atoms with Crippen molar-refractivity contribution in [3.05, 3.63) is 30.1 Å². The van der Waals surface area contributed by atoms with E-state index in [9.17, 15) is 4.79 Å². The molecule has 1 amide bonds. The van der Waals surface area contributed by atoms with Crippen LogP contribution in [-0.2, 0) is 11.2 Å². The maximum atomic E-state index is 12.8. The summed E-state index contributed by atoms with van der Waals surface area (Å²) in [5, 5.41) is 0. The van der Waals surface area contributed by atoms with Gasteiger partial charge in [0, 0.05) is 43.9 Å². The third-order valence-electron chi connectivity index (χ3n) is 5.04. The Labute approximate surface area is 154 Å². The lowest BCUT2D eigenvalue weighted by atomic mass is 9.89. The van der Waals surface area contributed by atoms with Gasteiger partial charge in [0.15, 0.2) is 0 Å². The highest BCUT2D eigenvalue weighted by atomic mass is 16.2. The molecular weight excluding hydrogens is 310 g/mol. The lowest BCUT2D eigenvalue weighted by molar-refractivity contribution is -0.135. The van der Waals surface area contributed by atoms with E-state index in [-0.39, 0.29) is 11.8 Å². The fourth-order valence-electron chi connectivity index (χ4n) is 2.89. The molecule has 0 spiro atoms. The predicted octanol–water partition coefficient (Wildman–Crippen LogP) is 3.87. The molecule has 1 rings (SSSR count). The molecule has 0 unspecified atom stereocenters. The minimum absolute atomic E-state index is 0.00646. The largest absolute Gasteiger partial charge is 0.346 e. The number of amides is 1. The summed E-state index contributed by atoms with van der Waals surface area (Å²) in [6, 6.07) is 6.51. The normalized spacial score (nSPS) is 12.8. The summed E-state index contributed by atoms with van der Waals surface area (Å²) in [7, 11) is 4.11. The van der Waals surface area contributed by atoms with Crippen LogP contribution < -0.4 is 0 Å². The van der Waals surface area contributed by atoms with Crippen molar-refractivity contribution in [2.24, 2.45) is 11.8 Å². The standard InChI is InChI=1S/C21H37N3O/c1-17(2)20(16-19-12-8-9-13-22-19)21(25)24(6)15-11-7-10-14-23(5)18(3)4/h8-9,12-13,17-18,20H,7,10-11,14-16H2,1-6H3/t20-/m0/s1. The van der Waals surface area contributed by atoms with Gasteiger partial charge in [-0.1, -0.05) is 26.3 Å². The molecule has 0 aliphatic heterocycles. The summed E-state index contributed by atoms with van der Waals surface area (Å²) in [5.74, 6) is 0.573. The Morgan fingerprint density at radius 1 is 1.04 bits per heavy atom. The molecule has 1 heterocycles. The lowest BCUT2D eigenvalue weighted by Gasteiger charge is -2.26. The van der Waals surface area contributed by atoms with Crippen molar-refractivity contribution in [2.75, 3.05) is 27.2 Å². The number of hydrogen-bond donors (Lipinski definition) is 0. The SMILES string of the molecule is CC(C)[C@H](Cc1ccccn1)C(=O)N(C)CCCCCN(C)C(C)C. The third-order valence-corrected chi connectivity index (χ3v) is 5.04. The third kappa shape index (κ3) is 8.00. The van der Waals surface area contributed by atoms with Crippen LogP contribution in [0.1, 0.15) is 52.7 Å². The lowest BCUT2D eigenvalue weighted by Crippen LogP contribution is -2.37. The van der Waals surface area contributed by atoms with Gasteiger partial charge in [-0.3, -0.25) is 9.78 Å². The van der Waals surface area contributed by atoms with E-state index in [4.69, 9.17) is 0 Å². The molecule has 142 valence electrons. The van der Waals surface area contributed by atoms with Crippen LogP contribution >= 0.6 is 0 Å². The van der Waals surface area contributed by atoms with Gasteiger partial charge >= 0.3 is 0 Å². The summed E-state index contributed by atoms with van der Waals surface area (Å²) < 4.78 is 0. The Bertz CT molecular complexity index is 487. The topological polar surface area (TPSA) is 36.4 Å². The van der Waals surface area contributed by atoms with Gasteiger partial charge in [-0.05, 0) is 58.3 Å². The van der Waals surface area contributed by atoms with Gasteiger partial charge in [-0.15, -0.1) is 0 Å². The second-order valence-electron chi connectivity index (χ2n) is 7.77. The van der Waals surface area contributed by atoms with Crippen molar-refractivity contribution < 1.29 is 4.79 Å². The Kier molecular flexibility index (Phi) is 9.73. The Hall–Kier alpha value is -1.42. The van der Waals surface area contributed by atoms with Gasteiger partial charge in [0.2, 0.25) is 5.91 Å². The first-order valence-corrected chi connectivity index (χ1v) is 9.68. The molecule has 0 saturated carbocycles. The first kappa shape index (κ1) is 21.6. The van der Waals surface area contributed by atoms with Crippen LogP contribution in [0, 0.1) is 11.8 Å². The molecule has 4 nitrogen and oxygen atoms in total. The van der Waals surface area contributed by atoms with Gasteiger partial charge in [-0.25, -0.2) is 0 Å². The maximum absolute atomic E-state index is 12.8. The number of aromatic nitrogens is 1. The molecule has 1 atom stereocenters. The fourth-order valence-corrected chi connectivity index (χ4v) is 2.89. The fraction of sp³-hybridized carbons (Fsp3) is 0.714. The van der Waals surface area contributed by atoms with Crippen molar-refractivity contribution in [3.8, 4) is 0 Å². The van der Waals surface area contributed by atoms with Crippen molar-refractivity contribution in [3.63, 3.8) is 0 Å². The number of rotatable bonds is 11. The number of carbonyl (C=O) groups excluding carboxylic acids is 1. The second-order valence-corrected chi connectivity index (χ2v) is 7.77. The number of carbonyl (C=O) groups is 1. The van der Waals surface area contributed by atoms with E-state index in [1.807, 2.05) is 30.1 Å². The van der Waals surface area contributed by atoms with Gasteiger partial charge in [0.25, 0.3) is 0 Å². The number of nitrogens with zero attached hydrogens (tertiary/aromatic N) is 3. The molecule has 0 fully saturated rings. The summed E-state index contributed by atoms with van der Waals surface area (Å²) >= 11 is 0. The van der Waals surface area contributed by atoms with E-state index in [1.165, 1.54) is 12.8 Å². The van der Waals surface area contributed by atoms with Crippen molar-refractivity contribution in [1.29, 1.82) is 0 Å². The summed E-state index contributed by atoms with van der Waals surface area (Å²) in [5.41, 5.74) is 1.000. The number of hydrogen-bond acceptors (Lipinski definition) is 3. The molecule has 0 aliphatic carbocycles. The Morgan fingerprint density at radius 2 is 1.72 bits per heavy atom. The molecule has 1 aromatic heterocycles. The van der Waals surface area contributed by atoms with E-state index >= 15 is 0 Å². The molecule has 4 heteroatoms. The van der Waals surface area contributed by atoms with Gasteiger partial charge in [-0.2, -0.15) is 0 Å². The Morgan fingerprint density at radius 3 is 2.28 bits per heavy atom. The predicted molar refractivity (Wildman–Crippen MR) is 106 cm³/mol. The first-order chi connectivity index (χ1) is 11.8. The quantitative estimate of drug-likeness (QED) is 0.570. The zero-order valence-electron chi connectivity index (χ0n) is 17.0. The maximum Gasteiger partial charge on any atom is 0.226 e. The molecule has 0 aliphatic rings. The Balaban J connectivity index is 2.41. The zero-order chi connectivity index (χ0) is 18.8. The van der Waals surface area contributed by atoms with Crippen LogP contribution in [0.2, 0.25) is 0 Å². The first-order valence-electron chi connectivity index (χ1n) is 9.68. The van der Waals surface area contributed by atoms with E-state index < -0.39 is 0 Å². The van der Waals surface area contributed by atoms with Crippen molar-refractivity contribution >= 4 is 5.91 Å². The van der Waals surface area contributed by atoms with Crippen LogP contribution in [0.3, 0.4) is 0 Å². The highest BCUT2D eigenvalue weighted by molar-refractivity contribution is 5.79. The summed E-state index contributed by atoms with van der Waals surface area (Å²) in [4.78, 5) is 21.5. The van der Waals surface area contributed by atoms with E-state index in [0.717, 1.165) is 31.6 Å². The highest BCUT2D eigenvalue weighted by Crippen LogP contribution is 2.19.